The monoisotopic (exact) mass is 518 g/mol. The van der Waals surface area contributed by atoms with E-state index in [9.17, 15) is 0 Å². The zero-order chi connectivity index (χ0) is 21.5. The van der Waals surface area contributed by atoms with Gasteiger partial charge in [-0.15, -0.1) is 0 Å². The average Bonchev–Trinajstić information content (AvgIpc) is 3.61. The van der Waals surface area contributed by atoms with Crippen LogP contribution in [0.2, 0.25) is 0 Å². The third-order valence-corrected chi connectivity index (χ3v) is 5.69. The van der Waals surface area contributed by atoms with Crippen molar-refractivity contribution >= 4 is 29.2 Å². The molecule has 0 fully saturated rings. The molecule has 2 atom stereocenters. The zero-order valence-corrected chi connectivity index (χ0v) is 20.9. The molecule has 0 nitrogen and oxygen atoms in total. The normalized spacial score (nSPS) is 17.0. The van der Waals surface area contributed by atoms with Crippen LogP contribution in [0.15, 0.2) is 109 Å². The van der Waals surface area contributed by atoms with E-state index in [1.165, 1.54) is 33.4 Å². The van der Waals surface area contributed by atoms with Crippen molar-refractivity contribution in [3.05, 3.63) is 143 Å². The Morgan fingerprint density at radius 1 is 0.613 bits per heavy atom. The van der Waals surface area contributed by atoms with Crippen molar-refractivity contribution in [2.45, 2.75) is 11.8 Å². The van der Waals surface area contributed by atoms with Gasteiger partial charge in [0, 0.05) is 0 Å². The summed E-state index contributed by atoms with van der Waals surface area (Å²) in [4.78, 5) is 0. The number of hydrogen-bond acceptors (Lipinski definition) is 0. The summed E-state index contributed by atoms with van der Waals surface area (Å²) in [5.74, 6) is 0.947. The van der Waals surface area contributed by atoms with Gasteiger partial charge < -0.3 is 0 Å². The van der Waals surface area contributed by atoms with Crippen molar-refractivity contribution in [1.82, 2.24) is 0 Å². The van der Waals surface area contributed by atoms with E-state index in [-0.39, 0.29) is 0 Å². The van der Waals surface area contributed by atoms with Crippen LogP contribution in [0.25, 0.3) is 12.2 Å². The molecule has 0 heterocycles. The van der Waals surface area contributed by atoms with Gasteiger partial charge in [-0.05, 0) is 34.1 Å². The first-order chi connectivity index (χ1) is 15.3. The summed E-state index contributed by atoms with van der Waals surface area (Å²) in [6, 6.07) is 34.4. The average molecular weight is 521 g/mol. The molecule has 0 aromatic heterocycles. The molecule has 0 spiro atoms. The summed E-state index contributed by atoms with van der Waals surface area (Å²) in [5, 5.41) is 0. The van der Waals surface area contributed by atoms with Crippen molar-refractivity contribution in [3.63, 3.8) is 0 Å². The van der Waals surface area contributed by atoms with Gasteiger partial charge in [-0.25, -0.2) is 12.1 Å². The quantitative estimate of drug-likeness (QED) is 0.233. The summed E-state index contributed by atoms with van der Waals surface area (Å²) in [7, 11) is 9.87. The van der Waals surface area contributed by atoms with Crippen LogP contribution >= 0.6 is 17.0 Å². The Kier molecular flexibility index (Phi) is 7.98. The van der Waals surface area contributed by atoms with E-state index in [0.717, 1.165) is 0 Å². The van der Waals surface area contributed by atoms with Gasteiger partial charge in [-0.2, -0.15) is 47.5 Å². The topological polar surface area (TPSA) is 0 Å². The molecule has 2 unspecified atom stereocenters. The fourth-order valence-corrected chi connectivity index (χ4v) is 4.27. The first-order valence-corrected chi connectivity index (χ1v) is 16.6. The fourth-order valence-electron chi connectivity index (χ4n) is 4.27. The molecule has 0 N–H and O–H groups in total. The van der Waals surface area contributed by atoms with E-state index in [0.29, 0.717) is 11.8 Å². The van der Waals surface area contributed by atoms with Crippen LogP contribution in [0, 0.1) is 0 Å². The van der Waals surface area contributed by atoms with Crippen LogP contribution in [0.1, 0.15) is 45.2 Å². The van der Waals surface area contributed by atoms with Crippen LogP contribution in [0.3, 0.4) is 0 Å². The summed E-state index contributed by atoms with van der Waals surface area (Å²) >= 11 is -0.826. The Balaban J connectivity index is 0.000000133. The maximum atomic E-state index is 4.93. The number of benzene rings is 2. The number of halogens is 2. The molecule has 0 aliphatic heterocycles. The van der Waals surface area contributed by atoms with Crippen LogP contribution in [0.4, 0.5) is 0 Å². The summed E-state index contributed by atoms with van der Waals surface area (Å²) in [5.41, 5.74) is 8.37. The minimum absolute atomic E-state index is 0.473. The number of rotatable bonds is 2. The van der Waals surface area contributed by atoms with E-state index in [2.05, 4.69) is 121 Å². The number of allylic oxidation sites excluding steroid dienone is 2. The fraction of sp³-hybridized carbons (Fsp3) is 0.0714. The third kappa shape index (κ3) is 5.29. The molecule has 152 valence electrons. The molecule has 0 amide bonds. The SMILES string of the molecule is C1=CC(c2cc[cH-]c2)c2ccccc21.C1=CC(c2cc[cH-]c2)c2ccccc21.[Cl][Zr+2][Cl]. The van der Waals surface area contributed by atoms with E-state index in [1.807, 2.05) is 0 Å². The van der Waals surface area contributed by atoms with E-state index >= 15 is 0 Å². The molecule has 0 radical (unpaired) electrons. The van der Waals surface area contributed by atoms with Crippen molar-refractivity contribution in [2.24, 2.45) is 0 Å². The Bertz CT molecular complexity index is 1050. The zero-order valence-electron chi connectivity index (χ0n) is 17.0. The predicted molar refractivity (Wildman–Crippen MR) is 130 cm³/mol. The number of fused-ring (bicyclic) bond motifs is 2. The van der Waals surface area contributed by atoms with Gasteiger partial charge in [0.05, 0.1) is 0 Å². The predicted octanol–water partition coefficient (Wildman–Crippen LogP) is 8.50. The molecule has 0 saturated heterocycles. The molecule has 31 heavy (non-hydrogen) atoms. The molecule has 0 saturated carbocycles. The Hall–Kier alpha value is -1.92. The van der Waals surface area contributed by atoms with Crippen LogP contribution in [-0.4, -0.2) is 0 Å². The molecule has 2 aliphatic rings. The van der Waals surface area contributed by atoms with E-state index in [4.69, 9.17) is 17.0 Å². The van der Waals surface area contributed by atoms with Gasteiger partial charge in [0.2, 0.25) is 0 Å². The molecule has 0 bridgehead atoms. The second-order valence-corrected chi connectivity index (χ2v) is 11.2. The molecule has 4 aromatic carbocycles. The molecule has 2 aliphatic carbocycles. The van der Waals surface area contributed by atoms with Crippen LogP contribution in [-0.2, 0) is 20.8 Å². The van der Waals surface area contributed by atoms with Crippen molar-refractivity contribution in [2.75, 3.05) is 0 Å². The van der Waals surface area contributed by atoms with E-state index in [1.54, 1.807) is 0 Å². The molecular weight excluding hydrogens is 498 g/mol. The van der Waals surface area contributed by atoms with Gasteiger partial charge in [0.15, 0.2) is 0 Å². The minimum atomic E-state index is -0.826. The summed E-state index contributed by atoms with van der Waals surface area (Å²) in [6.07, 6.45) is 8.99. The van der Waals surface area contributed by atoms with Gasteiger partial charge in [-0.3, -0.25) is 0 Å². The molecular formula is C28H22Cl2Zr. The van der Waals surface area contributed by atoms with Gasteiger partial charge in [0.25, 0.3) is 0 Å². The summed E-state index contributed by atoms with van der Waals surface area (Å²) < 4.78 is 0. The van der Waals surface area contributed by atoms with Gasteiger partial charge >= 0.3 is 37.9 Å². The first-order valence-electron chi connectivity index (χ1n) is 10.3. The molecule has 3 heteroatoms. The van der Waals surface area contributed by atoms with Gasteiger partial charge in [0.1, 0.15) is 0 Å². The Morgan fingerprint density at radius 2 is 1.03 bits per heavy atom. The standard InChI is InChI=1S/2C14H11.2ClH.Zr/c2*1-2-6-11(5-1)14-10-9-12-7-3-4-8-13(12)14;;;/h2*1-10,14H;2*1H;/q2*-1;;;+4/p-2. The Morgan fingerprint density at radius 3 is 1.42 bits per heavy atom. The number of hydrogen-bond donors (Lipinski definition) is 0. The van der Waals surface area contributed by atoms with Crippen LogP contribution in [0.5, 0.6) is 0 Å². The van der Waals surface area contributed by atoms with Crippen molar-refractivity contribution in [3.8, 4) is 0 Å². The van der Waals surface area contributed by atoms with Crippen LogP contribution < -0.4 is 0 Å². The molecule has 4 aromatic rings. The maximum absolute atomic E-state index is 4.93. The van der Waals surface area contributed by atoms with E-state index < -0.39 is 20.8 Å². The summed E-state index contributed by atoms with van der Waals surface area (Å²) in [6.45, 7) is 0. The van der Waals surface area contributed by atoms with Gasteiger partial charge in [-0.1, -0.05) is 72.8 Å². The second kappa shape index (κ2) is 11.1. The second-order valence-electron chi connectivity index (χ2n) is 7.44. The third-order valence-electron chi connectivity index (χ3n) is 5.69. The van der Waals surface area contributed by atoms with Crippen molar-refractivity contribution < 1.29 is 20.8 Å². The Labute approximate surface area is 203 Å². The van der Waals surface area contributed by atoms with Crippen molar-refractivity contribution in [1.29, 1.82) is 0 Å². The molecule has 6 rings (SSSR count). The first kappa shape index (κ1) is 22.3.